The van der Waals surface area contributed by atoms with Gasteiger partial charge in [0.2, 0.25) is 10.0 Å². The van der Waals surface area contributed by atoms with Gasteiger partial charge in [-0.15, -0.1) is 0 Å². The van der Waals surface area contributed by atoms with E-state index in [9.17, 15) is 8.42 Å². The van der Waals surface area contributed by atoms with Crippen molar-refractivity contribution in [1.82, 2.24) is 4.72 Å². The largest absolute Gasteiger partial charge is 0.322 e. The number of rotatable bonds is 6. The average molecular weight is 644 g/mol. The second-order valence-electron chi connectivity index (χ2n) is 10.5. The van der Waals surface area contributed by atoms with E-state index in [2.05, 4.69) is 46.3 Å². The zero-order valence-corrected chi connectivity index (χ0v) is 27.4. The first-order valence-electron chi connectivity index (χ1n) is 13.3. The molecule has 6 heteroatoms. The van der Waals surface area contributed by atoms with E-state index in [0.717, 1.165) is 22.3 Å². The fourth-order valence-electron chi connectivity index (χ4n) is 4.89. The molecule has 0 heterocycles. The Hall–Kier alpha value is -2.63. The summed E-state index contributed by atoms with van der Waals surface area (Å²) in [5.41, 5.74) is 18.7. The second-order valence-corrected chi connectivity index (χ2v) is 12.2. The molecular formula is C34H42N2O2RuS. The molecule has 0 amide bonds. The molecule has 214 valence electrons. The minimum absolute atomic E-state index is 0. The number of hydrogen-bond donors (Lipinski definition) is 2. The standard InChI is InChI=1S/C22H24N2O2S.C12H18.Ru/c1-16-13-17(2)15-20(14-16)27(25,26)24-22(19-11-7-4-8-12-19)21(23)18-9-5-3-6-10-18;1-7-8(2)10(4)12(6)11(5)9(7)3;/h3-15,21-22,24H,23H2,1-2H3;1-6H3;/t21-,22-;;/m1../s1. The molecule has 0 saturated carbocycles. The molecule has 40 heavy (non-hydrogen) atoms. The summed E-state index contributed by atoms with van der Waals surface area (Å²) in [6.45, 7) is 17.0. The first-order valence-corrected chi connectivity index (χ1v) is 14.8. The molecular weight excluding hydrogens is 602 g/mol. The molecule has 0 bridgehead atoms. The van der Waals surface area contributed by atoms with Crippen LogP contribution in [0, 0.1) is 55.4 Å². The fraction of sp³-hybridized carbons (Fsp3) is 0.294. The number of nitrogens with two attached hydrogens (primary N) is 1. The molecule has 0 unspecified atom stereocenters. The monoisotopic (exact) mass is 644 g/mol. The van der Waals surface area contributed by atoms with Crippen LogP contribution >= 0.6 is 0 Å². The van der Waals surface area contributed by atoms with Gasteiger partial charge in [0.15, 0.2) is 0 Å². The van der Waals surface area contributed by atoms with Gasteiger partial charge in [-0.3, -0.25) is 0 Å². The van der Waals surface area contributed by atoms with Gasteiger partial charge < -0.3 is 5.73 Å². The van der Waals surface area contributed by atoms with Gasteiger partial charge in [-0.1, -0.05) is 66.7 Å². The smallest absolute Gasteiger partial charge is 0.241 e. The quantitative estimate of drug-likeness (QED) is 0.213. The van der Waals surface area contributed by atoms with E-state index in [4.69, 9.17) is 5.73 Å². The van der Waals surface area contributed by atoms with Crippen molar-refractivity contribution in [3.05, 3.63) is 134 Å². The van der Waals surface area contributed by atoms with Crippen molar-refractivity contribution < 1.29 is 27.9 Å². The van der Waals surface area contributed by atoms with Gasteiger partial charge in [0.05, 0.1) is 17.0 Å². The van der Waals surface area contributed by atoms with Gasteiger partial charge in [-0.2, -0.15) is 0 Å². The van der Waals surface area contributed by atoms with E-state index in [1.54, 1.807) is 12.1 Å². The molecule has 4 rings (SSSR count). The summed E-state index contributed by atoms with van der Waals surface area (Å²) in [7, 11) is -3.74. The fourth-order valence-corrected chi connectivity index (χ4v) is 6.32. The topological polar surface area (TPSA) is 72.2 Å². The molecule has 0 fully saturated rings. The van der Waals surface area contributed by atoms with Crippen molar-refractivity contribution in [2.45, 2.75) is 72.4 Å². The van der Waals surface area contributed by atoms with E-state index in [1.165, 1.54) is 33.4 Å². The molecule has 4 aromatic carbocycles. The van der Waals surface area contributed by atoms with Crippen LogP contribution in [0.25, 0.3) is 0 Å². The van der Waals surface area contributed by atoms with Crippen LogP contribution in [-0.4, -0.2) is 8.42 Å². The van der Waals surface area contributed by atoms with Crippen LogP contribution in [0.3, 0.4) is 0 Å². The Morgan fingerprint density at radius 2 is 0.925 bits per heavy atom. The third-order valence-corrected chi connectivity index (χ3v) is 9.29. The van der Waals surface area contributed by atoms with Gasteiger partial charge in [0.25, 0.3) is 0 Å². The van der Waals surface area contributed by atoms with E-state index in [0.29, 0.717) is 0 Å². The number of hydrogen-bond acceptors (Lipinski definition) is 3. The Morgan fingerprint density at radius 3 is 1.30 bits per heavy atom. The number of benzene rings is 4. The molecule has 0 saturated heterocycles. The van der Waals surface area contributed by atoms with Gasteiger partial charge in [0.1, 0.15) is 0 Å². The van der Waals surface area contributed by atoms with Crippen molar-refractivity contribution in [3.8, 4) is 0 Å². The third-order valence-electron chi connectivity index (χ3n) is 7.86. The van der Waals surface area contributed by atoms with Crippen LogP contribution in [0.4, 0.5) is 0 Å². The SMILES string of the molecule is Cc1c(C)c(C)c(C)c(C)c1C.Cc1cc(C)cc(S(=O)(=O)N[C@H](c2ccccc2)[C@H](N)c2ccccc2)c1.[Ru]. The van der Waals surface area contributed by atoms with Gasteiger partial charge in [-0.25, -0.2) is 13.1 Å². The predicted molar refractivity (Wildman–Crippen MR) is 164 cm³/mol. The van der Waals surface area contributed by atoms with Crippen molar-refractivity contribution >= 4 is 10.0 Å². The van der Waals surface area contributed by atoms with Crippen LogP contribution in [-0.2, 0) is 29.5 Å². The normalized spacial score (nSPS) is 12.5. The summed E-state index contributed by atoms with van der Waals surface area (Å²) >= 11 is 0. The van der Waals surface area contributed by atoms with Crippen LogP contribution in [0.15, 0.2) is 83.8 Å². The molecule has 3 N–H and O–H groups in total. The van der Waals surface area contributed by atoms with Crippen molar-refractivity contribution in [2.75, 3.05) is 0 Å². The minimum Gasteiger partial charge on any atom is -0.322 e. The first-order chi connectivity index (χ1) is 18.3. The summed E-state index contributed by atoms with van der Waals surface area (Å²) in [6, 6.07) is 23.1. The number of nitrogens with one attached hydrogen (secondary N) is 1. The number of sulfonamides is 1. The Kier molecular flexibility index (Phi) is 12.0. The average Bonchev–Trinajstić information content (AvgIpc) is 2.93. The van der Waals surface area contributed by atoms with Crippen molar-refractivity contribution in [3.63, 3.8) is 0 Å². The molecule has 0 aliphatic heterocycles. The van der Waals surface area contributed by atoms with Crippen LogP contribution < -0.4 is 10.5 Å². The van der Waals surface area contributed by atoms with Gasteiger partial charge >= 0.3 is 0 Å². The Balaban J connectivity index is 0.000000363. The maximum atomic E-state index is 13.1. The van der Waals surface area contributed by atoms with Crippen LogP contribution in [0.1, 0.15) is 67.7 Å². The Bertz CT molecular complexity index is 1410. The van der Waals surface area contributed by atoms with E-state index in [-0.39, 0.29) is 24.4 Å². The Labute approximate surface area is 254 Å². The maximum absolute atomic E-state index is 13.1. The summed E-state index contributed by atoms with van der Waals surface area (Å²) in [5.74, 6) is 0. The zero-order chi connectivity index (χ0) is 28.9. The van der Waals surface area contributed by atoms with E-state index >= 15 is 0 Å². The number of aryl methyl sites for hydroxylation is 2. The molecule has 0 radical (unpaired) electrons. The van der Waals surface area contributed by atoms with Gasteiger partial charge in [-0.05, 0) is 123 Å². The summed E-state index contributed by atoms with van der Waals surface area (Å²) in [4.78, 5) is 0.251. The van der Waals surface area contributed by atoms with E-state index < -0.39 is 22.1 Å². The zero-order valence-electron chi connectivity index (χ0n) is 24.8. The molecule has 0 aromatic heterocycles. The summed E-state index contributed by atoms with van der Waals surface area (Å²) in [6.07, 6.45) is 0. The second kappa shape index (κ2) is 14.3. The van der Waals surface area contributed by atoms with Crippen molar-refractivity contribution in [2.24, 2.45) is 5.73 Å². The summed E-state index contributed by atoms with van der Waals surface area (Å²) < 4.78 is 29.0. The van der Waals surface area contributed by atoms with Crippen LogP contribution in [0.5, 0.6) is 0 Å². The molecule has 0 aliphatic rings. The first kappa shape index (κ1) is 33.6. The summed E-state index contributed by atoms with van der Waals surface area (Å²) in [5, 5.41) is 0. The molecule has 4 nitrogen and oxygen atoms in total. The minimum atomic E-state index is -3.74. The molecule has 4 aromatic rings. The van der Waals surface area contributed by atoms with Crippen LogP contribution in [0.2, 0.25) is 0 Å². The maximum Gasteiger partial charge on any atom is 0.241 e. The Morgan fingerprint density at radius 1 is 0.575 bits per heavy atom. The predicted octanol–water partition coefficient (Wildman–Crippen LogP) is 7.56. The molecule has 0 spiro atoms. The molecule has 0 aliphatic carbocycles. The third kappa shape index (κ3) is 7.98. The van der Waals surface area contributed by atoms with Crippen molar-refractivity contribution in [1.29, 1.82) is 0 Å². The van der Waals surface area contributed by atoms with Gasteiger partial charge in [0, 0.05) is 19.5 Å². The molecule has 2 atom stereocenters. The van der Waals surface area contributed by atoms with E-state index in [1.807, 2.05) is 80.6 Å².